The van der Waals surface area contributed by atoms with Gasteiger partial charge in [0.1, 0.15) is 0 Å². The molecule has 0 unspecified atom stereocenters. The van der Waals surface area contributed by atoms with Gasteiger partial charge in [-0.15, -0.1) is 0 Å². The number of H-pyrrole nitrogens is 1. The molecule has 9 heteroatoms. The molecule has 1 heterocycles. The van der Waals surface area contributed by atoms with Gasteiger partial charge in [0.2, 0.25) is 16.0 Å². The first-order valence-electron chi connectivity index (χ1n) is 5.39. The summed E-state index contributed by atoms with van der Waals surface area (Å²) >= 11 is 0. The molecule has 0 saturated heterocycles. The van der Waals surface area contributed by atoms with E-state index >= 15 is 0 Å². The molecule has 0 radical (unpaired) electrons. The predicted molar refractivity (Wildman–Crippen MR) is 73.2 cm³/mol. The zero-order valence-corrected chi connectivity index (χ0v) is 10.7. The molecule has 6 N–H and O–H groups in total. The molecule has 102 valence electrons. The zero-order chi connectivity index (χ0) is 14.0. The highest BCUT2D eigenvalue weighted by Crippen LogP contribution is 2.12. The van der Waals surface area contributed by atoms with Crippen molar-refractivity contribution in [1.82, 2.24) is 9.97 Å². The maximum atomic E-state index is 11.8. The quantitative estimate of drug-likeness (QED) is 0.541. The second-order valence-corrected chi connectivity index (χ2v) is 5.72. The number of anilines is 2. The Hall–Kier alpha value is -2.13. The van der Waals surface area contributed by atoms with E-state index in [4.69, 9.17) is 10.9 Å². The van der Waals surface area contributed by atoms with Crippen LogP contribution in [0.25, 0.3) is 10.9 Å². The number of primary sulfonamides is 1. The molecule has 19 heavy (non-hydrogen) atoms. The Morgan fingerprint density at radius 3 is 2.79 bits per heavy atom. The molecule has 0 bridgehead atoms. The predicted octanol–water partition coefficient (Wildman–Crippen LogP) is -0.794. The fourth-order valence-corrected chi connectivity index (χ4v) is 1.94. The Kier molecular flexibility index (Phi) is 3.40. The highest BCUT2D eigenvalue weighted by molar-refractivity contribution is 7.89. The van der Waals surface area contributed by atoms with Crippen molar-refractivity contribution >= 4 is 32.6 Å². The summed E-state index contributed by atoms with van der Waals surface area (Å²) in [6.07, 6.45) is 0. The number of hydrogen-bond acceptors (Lipinski definition) is 6. The van der Waals surface area contributed by atoms with Gasteiger partial charge in [-0.2, -0.15) is 0 Å². The van der Waals surface area contributed by atoms with E-state index in [0.29, 0.717) is 16.6 Å². The van der Waals surface area contributed by atoms with Gasteiger partial charge in [-0.3, -0.25) is 9.78 Å². The van der Waals surface area contributed by atoms with Gasteiger partial charge in [0.05, 0.1) is 16.7 Å². The van der Waals surface area contributed by atoms with Crippen LogP contribution in [0.4, 0.5) is 11.6 Å². The topological polar surface area (TPSA) is 144 Å². The smallest absolute Gasteiger partial charge is 0.260 e. The third-order valence-corrected chi connectivity index (χ3v) is 3.18. The Morgan fingerprint density at radius 1 is 1.37 bits per heavy atom. The fourth-order valence-electron chi connectivity index (χ4n) is 1.55. The number of fused-ring (bicyclic) bond motifs is 1. The average Bonchev–Trinajstić information content (AvgIpc) is 2.28. The van der Waals surface area contributed by atoms with E-state index in [1.165, 1.54) is 6.07 Å². The van der Waals surface area contributed by atoms with Crippen LogP contribution in [-0.2, 0) is 10.0 Å². The van der Waals surface area contributed by atoms with E-state index < -0.39 is 10.0 Å². The number of benzene rings is 1. The van der Waals surface area contributed by atoms with Crippen LogP contribution in [0.3, 0.4) is 0 Å². The molecule has 0 amide bonds. The minimum Gasteiger partial charge on any atom is -0.399 e. The molecule has 0 fully saturated rings. The summed E-state index contributed by atoms with van der Waals surface area (Å²) < 4.78 is 21.5. The number of aromatic nitrogens is 2. The summed E-state index contributed by atoms with van der Waals surface area (Å²) in [4.78, 5) is 18.4. The number of sulfonamides is 1. The molecule has 0 aliphatic rings. The van der Waals surface area contributed by atoms with E-state index in [1.54, 1.807) is 12.1 Å². The summed E-state index contributed by atoms with van der Waals surface area (Å²) in [5, 5.41) is 7.93. The monoisotopic (exact) mass is 283 g/mol. The summed E-state index contributed by atoms with van der Waals surface area (Å²) in [7, 11) is -3.55. The highest BCUT2D eigenvalue weighted by Gasteiger charge is 2.06. The first-order valence-corrected chi connectivity index (χ1v) is 7.10. The minimum absolute atomic E-state index is 0.0578. The molecule has 0 aliphatic heterocycles. The first kappa shape index (κ1) is 13.3. The van der Waals surface area contributed by atoms with Gasteiger partial charge >= 0.3 is 0 Å². The van der Waals surface area contributed by atoms with Crippen LogP contribution in [0, 0.1) is 0 Å². The van der Waals surface area contributed by atoms with E-state index in [0.717, 1.165) is 0 Å². The minimum atomic E-state index is -3.55. The molecular formula is C10H13N5O3S. The van der Waals surface area contributed by atoms with Crippen molar-refractivity contribution in [3.63, 3.8) is 0 Å². The second kappa shape index (κ2) is 4.86. The van der Waals surface area contributed by atoms with Crippen LogP contribution < -0.4 is 21.7 Å². The molecule has 2 rings (SSSR count). The maximum absolute atomic E-state index is 11.8. The zero-order valence-electron chi connectivity index (χ0n) is 9.88. The number of nitrogens with one attached hydrogen (secondary N) is 2. The summed E-state index contributed by atoms with van der Waals surface area (Å²) in [5.74, 6) is -0.0674. The van der Waals surface area contributed by atoms with Crippen LogP contribution in [0.15, 0.2) is 23.0 Å². The Labute approximate surface area is 108 Å². The van der Waals surface area contributed by atoms with Crippen molar-refractivity contribution in [3.05, 3.63) is 28.6 Å². The first-order chi connectivity index (χ1) is 8.85. The fraction of sp³-hybridized carbons (Fsp3) is 0.200. The van der Waals surface area contributed by atoms with Gasteiger partial charge < -0.3 is 11.1 Å². The Balaban J connectivity index is 2.26. The van der Waals surface area contributed by atoms with Gasteiger partial charge in [0.15, 0.2) is 0 Å². The molecule has 1 aromatic heterocycles. The third-order valence-electron chi connectivity index (χ3n) is 2.41. The van der Waals surface area contributed by atoms with E-state index in [-0.39, 0.29) is 23.8 Å². The van der Waals surface area contributed by atoms with Gasteiger partial charge in [-0.1, -0.05) is 0 Å². The normalized spacial score (nSPS) is 11.6. The lowest BCUT2D eigenvalue weighted by molar-refractivity contribution is 0.598. The third kappa shape index (κ3) is 3.42. The Morgan fingerprint density at radius 2 is 2.11 bits per heavy atom. The molecule has 0 saturated carbocycles. The number of hydrogen-bond donors (Lipinski definition) is 4. The van der Waals surface area contributed by atoms with Gasteiger partial charge in [-0.25, -0.2) is 18.5 Å². The molecule has 0 spiro atoms. The van der Waals surface area contributed by atoms with Crippen molar-refractivity contribution in [3.8, 4) is 0 Å². The number of nitrogens with two attached hydrogens (primary N) is 2. The average molecular weight is 283 g/mol. The van der Waals surface area contributed by atoms with Crippen LogP contribution in [-0.4, -0.2) is 30.7 Å². The van der Waals surface area contributed by atoms with E-state index in [2.05, 4.69) is 15.3 Å². The van der Waals surface area contributed by atoms with E-state index in [1.807, 2.05) is 0 Å². The summed E-state index contributed by atoms with van der Waals surface area (Å²) in [5.41, 5.74) is 6.17. The highest BCUT2D eigenvalue weighted by atomic mass is 32.2. The second-order valence-electron chi connectivity index (χ2n) is 3.98. The SMILES string of the molecule is Nc1ccc2nc(NCCS(N)(=O)=O)[nH]c(=O)c2c1. The van der Waals surface area contributed by atoms with Gasteiger partial charge in [0, 0.05) is 12.2 Å². The summed E-state index contributed by atoms with van der Waals surface area (Å²) in [6, 6.07) is 4.77. The molecular weight excluding hydrogens is 270 g/mol. The van der Waals surface area contributed by atoms with Crippen molar-refractivity contribution in [1.29, 1.82) is 0 Å². The van der Waals surface area contributed by atoms with Crippen LogP contribution >= 0.6 is 0 Å². The molecule has 8 nitrogen and oxygen atoms in total. The standard InChI is InChI=1S/C10H13N5O3S/c11-6-1-2-8-7(5-6)9(16)15-10(14-8)13-3-4-19(12,17)18/h1-2,5H,3-4,11H2,(H2,12,17,18)(H2,13,14,15,16). The van der Waals surface area contributed by atoms with Crippen molar-refractivity contribution in [2.75, 3.05) is 23.3 Å². The molecule has 0 aliphatic carbocycles. The summed E-state index contributed by atoms with van der Waals surface area (Å²) in [6.45, 7) is 0.0578. The number of nitrogen functional groups attached to an aromatic ring is 1. The van der Waals surface area contributed by atoms with Crippen LogP contribution in [0.1, 0.15) is 0 Å². The molecule has 0 atom stereocenters. The Bertz CT molecular complexity index is 768. The van der Waals surface area contributed by atoms with Crippen molar-refractivity contribution in [2.24, 2.45) is 5.14 Å². The number of aromatic amines is 1. The lowest BCUT2D eigenvalue weighted by Gasteiger charge is -2.05. The van der Waals surface area contributed by atoms with Crippen LogP contribution in [0.2, 0.25) is 0 Å². The number of rotatable bonds is 4. The van der Waals surface area contributed by atoms with Crippen molar-refractivity contribution in [2.45, 2.75) is 0 Å². The van der Waals surface area contributed by atoms with E-state index in [9.17, 15) is 13.2 Å². The van der Waals surface area contributed by atoms with Crippen molar-refractivity contribution < 1.29 is 8.42 Å². The van der Waals surface area contributed by atoms with Crippen LogP contribution in [0.5, 0.6) is 0 Å². The molecule has 1 aromatic carbocycles. The lowest BCUT2D eigenvalue weighted by Crippen LogP contribution is -2.23. The maximum Gasteiger partial charge on any atom is 0.260 e. The largest absolute Gasteiger partial charge is 0.399 e. The van der Waals surface area contributed by atoms with Gasteiger partial charge in [0.25, 0.3) is 5.56 Å². The molecule has 2 aromatic rings. The lowest BCUT2D eigenvalue weighted by atomic mass is 10.2. The van der Waals surface area contributed by atoms with Gasteiger partial charge in [-0.05, 0) is 18.2 Å². The number of nitrogens with zero attached hydrogens (tertiary/aromatic N) is 1.